The summed E-state index contributed by atoms with van der Waals surface area (Å²) in [6.45, 7) is 3.42. The summed E-state index contributed by atoms with van der Waals surface area (Å²) in [7, 11) is -4.19. The largest absolute Gasteiger partial charge is 0.330 e. The first-order chi connectivity index (χ1) is 13.9. The number of azo groups is 1. The Balaban J connectivity index is 1.88. The molecular weight excluding hydrogens is 416 g/mol. The van der Waals surface area contributed by atoms with Crippen LogP contribution in [0.3, 0.4) is 0 Å². The molecule has 0 radical (unpaired) electrons. The monoisotopic (exact) mass is 436 g/mol. The molecule has 1 saturated heterocycles. The Hall–Kier alpha value is -2.73. The van der Waals surface area contributed by atoms with E-state index in [2.05, 4.69) is 19.6 Å². The molecule has 1 aromatic carbocycles. The maximum Gasteiger partial charge on any atom is 0.330 e. The lowest BCUT2D eigenvalue weighted by Crippen LogP contribution is -2.61. The van der Waals surface area contributed by atoms with Crippen LogP contribution in [0.5, 0.6) is 0 Å². The van der Waals surface area contributed by atoms with Crippen LogP contribution in [0.15, 0.2) is 40.6 Å². The minimum atomic E-state index is -4.19. The molecule has 0 bridgehead atoms. The van der Waals surface area contributed by atoms with Gasteiger partial charge in [0.1, 0.15) is 0 Å². The van der Waals surface area contributed by atoms with E-state index in [0.29, 0.717) is 27.3 Å². The molecule has 3 rings (SSSR count). The Kier molecular flexibility index (Phi) is 6.33. The first kappa shape index (κ1) is 21.0. The van der Waals surface area contributed by atoms with Gasteiger partial charge in [0.05, 0.1) is 0 Å². The van der Waals surface area contributed by atoms with Crippen molar-refractivity contribution in [3.63, 3.8) is 0 Å². The Bertz CT molecular complexity index is 990. The molecule has 0 aliphatic carbocycles. The lowest BCUT2D eigenvalue weighted by atomic mass is 10.2. The van der Waals surface area contributed by atoms with Crippen LogP contribution in [-0.4, -0.2) is 57.3 Å². The molecular formula is C17H20N6O4S2. The van der Waals surface area contributed by atoms with Gasteiger partial charge in [-0.2, -0.15) is 22.9 Å². The fourth-order valence-electron chi connectivity index (χ4n) is 2.75. The Morgan fingerprint density at radius 1 is 1.03 bits per heavy atom. The molecule has 0 N–H and O–H groups in total. The first-order valence-electron chi connectivity index (χ1n) is 9.08. The Morgan fingerprint density at radius 2 is 1.62 bits per heavy atom. The second kappa shape index (κ2) is 8.74. The van der Waals surface area contributed by atoms with Crippen molar-refractivity contribution in [2.75, 3.05) is 13.1 Å². The zero-order chi connectivity index (χ0) is 21.0. The number of aromatic nitrogens is 2. The number of carbonyl (C=O) groups is 2. The fourth-order valence-corrected chi connectivity index (χ4v) is 4.99. The second-order valence-electron chi connectivity index (χ2n) is 6.21. The molecule has 0 unspecified atom stereocenters. The number of rotatable bonds is 7. The number of benzene rings is 1. The molecule has 1 aliphatic heterocycles. The molecule has 2 amide bonds. The summed E-state index contributed by atoms with van der Waals surface area (Å²) in [5, 5.41) is 7.90. The van der Waals surface area contributed by atoms with Gasteiger partial charge >= 0.3 is 10.2 Å². The van der Waals surface area contributed by atoms with Gasteiger partial charge in [-0.3, -0.25) is 9.59 Å². The van der Waals surface area contributed by atoms with Crippen LogP contribution >= 0.6 is 11.5 Å². The second-order valence-corrected chi connectivity index (χ2v) is 8.72. The van der Waals surface area contributed by atoms with Crippen molar-refractivity contribution in [2.24, 2.45) is 10.2 Å². The third-order valence-corrected chi connectivity index (χ3v) is 6.52. The van der Waals surface area contributed by atoms with Crippen molar-refractivity contribution in [1.82, 2.24) is 18.0 Å². The third-order valence-electron chi connectivity index (χ3n) is 4.08. The van der Waals surface area contributed by atoms with Gasteiger partial charge < -0.3 is 0 Å². The van der Waals surface area contributed by atoms with E-state index in [0.717, 1.165) is 17.1 Å². The van der Waals surface area contributed by atoms with E-state index < -0.39 is 28.1 Å². The molecule has 154 valence electrons. The van der Waals surface area contributed by atoms with Crippen molar-refractivity contribution in [3.05, 3.63) is 30.3 Å². The highest BCUT2D eigenvalue weighted by atomic mass is 32.2. The smallest absolute Gasteiger partial charge is 0.271 e. The van der Waals surface area contributed by atoms with Gasteiger partial charge in [-0.05, 0) is 12.8 Å². The highest BCUT2D eigenvalue weighted by Gasteiger charge is 2.49. The van der Waals surface area contributed by atoms with Crippen LogP contribution < -0.4 is 0 Å². The van der Waals surface area contributed by atoms with Gasteiger partial charge in [-0.1, -0.05) is 44.2 Å². The third kappa shape index (κ3) is 4.17. The number of carbonyl (C=O) groups excluding carboxylic acids is 2. The zero-order valence-electron chi connectivity index (χ0n) is 15.9. The van der Waals surface area contributed by atoms with E-state index in [-0.39, 0.29) is 18.2 Å². The van der Waals surface area contributed by atoms with E-state index in [4.69, 9.17) is 0 Å². The van der Waals surface area contributed by atoms with E-state index in [9.17, 15) is 18.0 Å². The topological polar surface area (TPSA) is 125 Å². The normalized spacial score (nSPS) is 17.4. The number of hydrogen-bond acceptors (Lipinski definition) is 9. The predicted octanol–water partition coefficient (Wildman–Crippen LogP) is 2.39. The van der Waals surface area contributed by atoms with Gasteiger partial charge in [0.25, 0.3) is 11.8 Å². The maximum atomic E-state index is 12.7. The minimum absolute atomic E-state index is 0.0301. The van der Waals surface area contributed by atoms with Crippen LogP contribution in [0.2, 0.25) is 0 Å². The summed E-state index contributed by atoms with van der Waals surface area (Å²) >= 11 is 0.968. The van der Waals surface area contributed by atoms with Gasteiger partial charge in [-0.25, -0.2) is 8.61 Å². The highest BCUT2D eigenvalue weighted by molar-refractivity contribution is 7.88. The van der Waals surface area contributed by atoms with Crippen LogP contribution in [0, 0.1) is 0 Å². The zero-order valence-corrected chi connectivity index (χ0v) is 17.6. The van der Waals surface area contributed by atoms with Gasteiger partial charge in [0, 0.05) is 30.2 Å². The molecule has 1 aromatic heterocycles. The highest BCUT2D eigenvalue weighted by Crippen LogP contribution is 2.26. The van der Waals surface area contributed by atoms with E-state index in [1.54, 1.807) is 13.8 Å². The summed E-state index contributed by atoms with van der Waals surface area (Å²) < 4.78 is 30.8. The number of hydrogen-bond donors (Lipinski definition) is 0. The molecule has 0 spiro atoms. The summed E-state index contributed by atoms with van der Waals surface area (Å²) in [5.74, 6) is -1.35. The van der Waals surface area contributed by atoms with E-state index in [1.807, 2.05) is 30.3 Å². The van der Waals surface area contributed by atoms with Crippen molar-refractivity contribution in [2.45, 2.75) is 32.7 Å². The molecule has 2 aromatic rings. The van der Waals surface area contributed by atoms with Crippen molar-refractivity contribution < 1.29 is 18.0 Å². The number of amides is 2. The molecule has 1 aliphatic rings. The van der Waals surface area contributed by atoms with E-state index >= 15 is 0 Å². The molecule has 12 heteroatoms. The van der Waals surface area contributed by atoms with Crippen LogP contribution in [0.4, 0.5) is 5.13 Å². The quantitative estimate of drug-likeness (QED) is 0.485. The average molecular weight is 437 g/mol. The molecule has 10 nitrogen and oxygen atoms in total. The lowest BCUT2D eigenvalue weighted by Gasteiger charge is -2.36. The summed E-state index contributed by atoms with van der Waals surface area (Å²) in [5.41, 5.74) is 0.796. The maximum absolute atomic E-state index is 12.7. The van der Waals surface area contributed by atoms with Gasteiger partial charge in [0.2, 0.25) is 11.2 Å². The van der Waals surface area contributed by atoms with Crippen LogP contribution in [-0.2, 0) is 19.8 Å². The fraction of sp³-hybridized carbons (Fsp3) is 0.412. The molecule has 0 atom stereocenters. The summed E-state index contributed by atoms with van der Waals surface area (Å²) in [6, 6.07) is 7.69. The SMILES string of the molecule is CCCN1C(=O)C(N=Nc2nc(-c3ccccc3)ns2)C(=O)N(CCC)S1(=O)=O. The standard InChI is InChI=1S/C17H20N6O4S2/c1-3-10-22-15(24)13(16(25)23(11-4-2)29(22,26)27)19-20-17-18-14(21-28-17)12-8-6-5-7-9-12/h5-9,13H,3-4,10-11H2,1-2H3. The Labute approximate surface area is 172 Å². The lowest BCUT2D eigenvalue weighted by molar-refractivity contribution is -0.140. The summed E-state index contributed by atoms with van der Waals surface area (Å²) in [4.78, 5) is 29.5. The van der Waals surface area contributed by atoms with Crippen molar-refractivity contribution >= 4 is 38.7 Å². The minimum Gasteiger partial charge on any atom is -0.271 e. The molecule has 2 heterocycles. The molecule has 29 heavy (non-hydrogen) atoms. The summed E-state index contributed by atoms with van der Waals surface area (Å²) in [6.07, 6.45) is 0.833. The molecule has 0 saturated carbocycles. The average Bonchev–Trinajstić information content (AvgIpc) is 3.18. The van der Waals surface area contributed by atoms with E-state index in [1.165, 1.54) is 0 Å². The Morgan fingerprint density at radius 3 is 2.17 bits per heavy atom. The number of nitrogens with zero attached hydrogens (tertiary/aromatic N) is 6. The first-order valence-corrected chi connectivity index (χ1v) is 11.2. The molecule has 1 fully saturated rings. The van der Waals surface area contributed by atoms with Crippen LogP contribution in [0.1, 0.15) is 26.7 Å². The van der Waals surface area contributed by atoms with Gasteiger partial charge in [-0.15, -0.1) is 5.11 Å². The predicted molar refractivity (Wildman–Crippen MR) is 107 cm³/mol. The van der Waals surface area contributed by atoms with Crippen LogP contribution in [0.25, 0.3) is 11.4 Å². The van der Waals surface area contributed by atoms with Crippen molar-refractivity contribution in [1.29, 1.82) is 0 Å². The van der Waals surface area contributed by atoms with Gasteiger partial charge in [0.15, 0.2) is 5.82 Å². The van der Waals surface area contributed by atoms with Crippen molar-refractivity contribution in [3.8, 4) is 11.4 Å².